The fraction of sp³-hybridized carbons (Fsp3) is 0.300. The molecule has 0 aliphatic rings. The fourth-order valence-electron chi connectivity index (χ4n) is 1.01. The van der Waals surface area contributed by atoms with Gasteiger partial charge in [-0.25, -0.2) is 0 Å². The van der Waals surface area contributed by atoms with Crippen molar-refractivity contribution in [2.24, 2.45) is 0 Å². The van der Waals surface area contributed by atoms with Crippen molar-refractivity contribution < 1.29 is 4.74 Å². The maximum absolute atomic E-state index is 8.67. The smallest absolute Gasteiger partial charge is 0.181 e. The van der Waals surface area contributed by atoms with Gasteiger partial charge in [0.05, 0.1) is 8.95 Å². The molecule has 0 heterocycles. The van der Waals surface area contributed by atoms with Gasteiger partial charge < -0.3 is 4.74 Å². The molecule has 80 valence electrons. The summed E-state index contributed by atoms with van der Waals surface area (Å²) in [6.07, 6.45) is -0.465. The Morgan fingerprint density at radius 3 is 2.33 bits per heavy atom. The van der Waals surface area contributed by atoms with E-state index in [0.29, 0.717) is 5.75 Å². The first-order valence-electron chi connectivity index (χ1n) is 4.18. The first-order valence-corrected chi connectivity index (χ1v) is 6.89. The highest BCUT2D eigenvalue weighted by Gasteiger charge is 2.11. The van der Waals surface area contributed by atoms with Gasteiger partial charge in [-0.1, -0.05) is 15.9 Å². The molecular formula is C10H8Br3NO. The summed E-state index contributed by atoms with van der Waals surface area (Å²) in [5.74, 6) is 0.661. The Bertz CT molecular complexity index is 377. The molecule has 0 bridgehead atoms. The van der Waals surface area contributed by atoms with E-state index in [-0.39, 0.29) is 0 Å². The lowest BCUT2D eigenvalue weighted by molar-refractivity contribution is 0.273. The third-order valence-electron chi connectivity index (χ3n) is 1.69. The lowest BCUT2D eigenvalue weighted by Crippen LogP contribution is -2.09. The van der Waals surface area contributed by atoms with E-state index < -0.39 is 6.10 Å². The molecule has 1 atom stereocenters. The van der Waals surface area contributed by atoms with E-state index in [9.17, 15) is 0 Å². The zero-order chi connectivity index (χ0) is 11.4. The van der Waals surface area contributed by atoms with Crippen LogP contribution in [0.2, 0.25) is 0 Å². The Balaban J connectivity index is 3.04. The predicted molar refractivity (Wildman–Crippen MR) is 70.2 cm³/mol. The molecule has 0 spiro atoms. The summed E-state index contributed by atoms with van der Waals surface area (Å²) in [6.45, 7) is 1.71. The summed E-state index contributed by atoms with van der Waals surface area (Å²) in [4.78, 5) is 0. The summed E-state index contributed by atoms with van der Waals surface area (Å²) < 4.78 is 7.14. The molecule has 2 nitrogen and oxygen atoms in total. The van der Waals surface area contributed by atoms with Crippen LogP contribution in [0.3, 0.4) is 0 Å². The standard InChI is InChI=1S/C10H8Br3NO/c1-6(5-14)15-10-8(12)2-7(4-11)3-9(10)13/h2-3,6H,4H2,1H3. The third kappa shape index (κ3) is 3.47. The average molecular weight is 398 g/mol. The highest BCUT2D eigenvalue weighted by atomic mass is 79.9. The van der Waals surface area contributed by atoms with E-state index in [4.69, 9.17) is 10.00 Å². The van der Waals surface area contributed by atoms with E-state index in [1.165, 1.54) is 0 Å². The molecule has 1 unspecified atom stereocenters. The minimum Gasteiger partial charge on any atom is -0.474 e. The number of halogens is 3. The second-order valence-electron chi connectivity index (χ2n) is 2.91. The monoisotopic (exact) mass is 395 g/mol. The maximum Gasteiger partial charge on any atom is 0.181 e. The van der Waals surface area contributed by atoms with E-state index in [1.54, 1.807) is 6.92 Å². The van der Waals surface area contributed by atoms with Crippen molar-refractivity contribution >= 4 is 47.8 Å². The fourth-order valence-corrected chi connectivity index (χ4v) is 2.80. The van der Waals surface area contributed by atoms with Crippen LogP contribution in [0.15, 0.2) is 21.1 Å². The Kier molecular flexibility index (Phi) is 5.10. The van der Waals surface area contributed by atoms with E-state index in [1.807, 2.05) is 18.2 Å². The van der Waals surface area contributed by atoms with Gasteiger partial charge in [0.1, 0.15) is 11.8 Å². The topological polar surface area (TPSA) is 33.0 Å². The Morgan fingerprint density at radius 2 is 1.93 bits per heavy atom. The van der Waals surface area contributed by atoms with Gasteiger partial charge >= 0.3 is 0 Å². The molecule has 1 rings (SSSR count). The summed E-state index contributed by atoms with van der Waals surface area (Å²) in [5.41, 5.74) is 1.13. The number of alkyl halides is 1. The Labute approximate surface area is 114 Å². The summed E-state index contributed by atoms with van der Waals surface area (Å²) in [5, 5.41) is 9.44. The van der Waals surface area contributed by atoms with Crippen molar-refractivity contribution in [1.29, 1.82) is 5.26 Å². The van der Waals surface area contributed by atoms with Crippen LogP contribution in [0.25, 0.3) is 0 Å². The van der Waals surface area contributed by atoms with Crippen LogP contribution in [0.1, 0.15) is 12.5 Å². The van der Waals surface area contributed by atoms with Gasteiger partial charge in [0.15, 0.2) is 6.10 Å². The highest BCUT2D eigenvalue weighted by Crippen LogP contribution is 2.35. The maximum atomic E-state index is 8.67. The number of ether oxygens (including phenoxy) is 1. The molecule has 0 aromatic heterocycles. The van der Waals surface area contributed by atoms with Crippen LogP contribution in [0, 0.1) is 11.3 Å². The van der Waals surface area contributed by atoms with Crippen LogP contribution >= 0.6 is 47.8 Å². The van der Waals surface area contributed by atoms with Gasteiger partial charge in [0.25, 0.3) is 0 Å². The molecule has 1 aromatic carbocycles. The molecule has 15 heavy (non-hydrogen) atoms. The molecule has 0 saturated heterocycles. The van der Waals surface area contributed by atoms with Crippen LogP contribution < -0.4 is 4.74 Å². The Morgan fingerprint density at radius 1 is 1.40 bits per heavy atom. The Hall–Kier alpha value is -0.0500. The van der Waals surface area contributed by atoms with Crippen LogP contribution in [0.4, 0.5) is 0 Å². The van der Waals surface area contributed by atoms with Gasteiger partial charge in [-0.2, -0.15) is 5.26 Å². The highest BCUT2D eigenvalue weighted by molar-refractivity contribution is 9.11. The molecule has 0 aliphatic heterocycles. The van der Waals surface area contributed by atoms with Crippen LogP contribution in [0.5, 0.6) is 5.75 Å². The molecule has 0 fully saturated rings. The van der Waals surface area contributed by atoms with E-state index in [2.05, 4.69) is 47.8 Å². The second kappa shape index (κ2) is 5.88. The molecule has 1 aromatic rings. The van der Waals surface area contributed by atoms with Crippen LogP contribution in [-0.4, -0.2) is 6.10 Å². The first-order chi connectivity index (χ1) is 7.08. The van der Waals surface area contributed by atoms with E-state index in [0.717, 1.165) is 19.8 Å². The molecule has 0 aliphatic carbocycles. The van der Waals surface area contributed by atoms with Crippen molar-refractivity contribution in [2.75, 3.05) is 0 Å². The number of rotatable bonds is 3. The third-order valence-corrected chi connectivity index (χ3v) is 3.51. The van der Waals surface area contributed by atoms with Crippen molar-refractivity contribution in [1.82, 2.24) is 0 Å². The predicted octanol–water partition coefficient (Wildman–Crippen LogP) is 4.40. The van der Waals surface area contributed by atoms with Gasteiger partial charge in [0, 0.05) is 5.33 Å². The van der Waals surface area contributed by atoms with Crippen molar-refractivity contribution in [3.05, 3.63) is 26.6 Å². The number of hydrogen-bond donors (Lipinski definition) is 0. The molecule has 0 radical (unpaired) electrons. The van der Waals surface area contributed by atoms with Gasteiger partial charge in [-0.3, -0.25) is 0 Å². The number of nitriles is 1. The number of nitrogens with zero attached hydrogens (tertiary/aromatic N) is 1. The van der Waals surface area contributed by atoms with Gasteiger partial charge in [0.2, 0.25) is 0 Å². The normalized spacial score (nSPS) is 11.9. The zero-order valence-electron chi connectivity index (χ0n) is 7.93. The van der Waals surface area contributed by atoms with Crippen molar-refractivity contribution in [2.45, 2.75) is 18.4 Å². The largest absolute Gasteiger partial charge is 0.474 e. The summed E-state index contributed by atoms with van der Waals surface area (Å²) in [7, 11) is 0. The zero-order valence-corrected chi connectivity index (χ0v) is 12.7. The molecule has 0 amide bonds. The molecule has 5 heteroatoms. The van der Waals surface area contributed by atoms with Crippen LogP contribution in [-0.2, 0) is 5.33 Å². The molecular weight excluding hydrogens is 390 g/mol. The van der Waals surface area contributed by atoms with Gasteiger partial charge in [-0.15, -0.1) is 0 Å². The lowest BCUT2D eigenvalue weighted by atomic mass is 10.2. The number of hydrogen-bond acceptors (Lipinski definition) is 2. The van der Waals surface area contributed by atoms with Crippen molar-refractivity contribution in [3.8, 4) is 11.8 Å². The quantitative estimate of drug-likeness (QED) is 0.708. The number of benzene rings is 1. The molecule has 0 N–H and O–H groups in total. The van der Waals surface area contributed by atoms with Crippen molar-refractivity contribution in [3.63, 3.8) is 0 Å². The lowest BCUT2D eigenvalue weighted by Gasteiger charge is -2.12. The molecule has 0 saturated carbocycles. The second-order valence-corrected chi connectivity index (χ2v) is 5.18. The summed E-state index contributed by atoms with van der Waals surface area (Å²) in [6, 6.07) is 5.94. The average Bonchev–Trinajstić information content (AvgIpc) is 2.22. The SMILES string of the molecule is CC(C#N)Oc1c(Br)cc(CBr)cc1Br. The minimum absolute atomic E-state index is 0.465. The summed E-state index contributed by atoms with van der Waals surface area (Å²) >= 11 is 10.2. The van der Waals surface area contributed by atoms with Gasteiger partial charge in [-0.05, 0) is 56.5 Å². The van der Waals surface area contributed by atoms with E-state index >= 15 is 0 Å². The minimum atomic E-state index is -0.465. The first kappa shape index (κ1) is 13.0.